The van der Waals surface area contributed by atoms with Crippen LogP contribution in [-0.2, 0) is 0 Å². The van der Waals surface area contributed by atoms with E-state index in [4.69, 9.17) is 0 Å². The van der Waals surface area contributed by atoms with E-state index in [2.05, 4.69) is 55.3 Å². The van der Waals surface area contributed by atoms with Crippen molar-refractivity contribution < 1.29 is 0 Å². The number of rotatable bonds is 6. The molecule has 0 spiro atoms. The van der Waals surface area contributed by atoms with Gasteiger partial charge in [0, 0.05) is 0 Å². The van der Waals surface area contributed by atoms with Crippen LogP contribution in [0.15, 0.2) is 10.2 Å². The molecule has 0 amide bonds. The van der Waals surface area contributed by atoms with E-state index in [1.165, 1.54) is 36.5 Å². The maximum atomic E-state index is 2.44. The summed E-state index contributed by atoms with van der Waals surface area (Å²) in [5, 5.41) is 0. The van der Waals surface area contributed by atoms with Crippen molar-refractivity contribution in [3.8, 4) is 0 Å². The summed E-state index contributed by atoms with van der Waals surface area (Å²) < 4.78 is 3.43. The summed E-state index contributed by atoms with van der Waals surface area (Å²) >= 11 is 4.71. The van der Waals surface area contributed by atoms with E-state index in [9.17, 15) is 0 Å². The van der Waals surface area contributed by atoms with Crippen LogP contribution in [-0.4, -0.2) is 4.43 Å². The Morgan fingerprint density at radius 3 is 2.30 bits per heavy atom. The highest BCUT2D eigenvalue weighted by Crippen LogP contribution is 2.05. The van der Waals surface area contributed by atoms with Gasteiger partial charge in [0.05, 0.1) is 0 Å². The molecule has 2 heteroatoms. The number of hydrogen-bond donors (Lipinski definition) is 0. The Balaban J connectivity index is 2.77. The van der Waals surface area contributed by atoms with Gasteiger partial charge in [0.25, 0.3) is 0 Å². The van der Waals surface area contributed by atoms with Crippen LogP contribution in [0.1, 0.15) is 32.1 Å². The Kier molecular flexibility index (Phi) is 11.4. The van der Waals surface area contributed by atoms with Crippen molar-refractivity contribution in [1.29, 1.82) is 0 Å². The maximum absolute atomic E-state index is 2.44. The maximum Gasteiger partial charge on any atom is -0.000473 e. The first-order valence-corrected chi connectivity index (χ1v) is 6.50. The lowest BCUT2D eigenvalue weighted by Gasteiger charge is -1.94. The van der Waals surface area contributed by atoms with Gasteiger partial charge in [0.1, 0.15) is 0 Å². The molecule has 0 atom stereocenters. The van der Waals surface area contributed by atoms with Crippen LogP contribution in [0, 0.1) is 0 Å². The van der Waals surface area contributed by atoms with Crippen molar-refractivity contribution in [3.05, 3.63) is 10.2 Å². The van der Waals surface area contributed by atoms with E-state index >= 15 is 0 Å². The highest BCUT2D eigenvalue weighted by molar-refractivity contribution is 14.1. The number of halogens is 2. The molecule has 0 aliphatic rings. The van der Waals surface area contributed by atoms with E-state index in [-0.39, 0.29) is 0 Å². The van der Waals surface area contributed by atoms with Gasteiger partial charge < -0.3 is 0 Å². The Bertz CT molecular complexity index is 79.3. The van der Waals surface area contributed by atoms with Gasteiger partial charge in [-0.2, -0.15) is 0 Å². The molecule has 0 aliphatic heterocycles. The fraction of sp³-hybridized carbons (Fsp3) is 0.750. The van der Waals surface area contributed by atoms with Gasteiger partial charge in [-0.1, -0.05) is 64.1 Å². The number of hydrogen-bond acceptors (Lipinski definition) is 0. The molecule has 0 bridgehead atoms. The Labute approximate surface area is 91.1 Å². The molecule has 0 aliphatic carbocycles. The summed E-state index contributed by atoms with van der Waals surface area (Å²) in [5.74, 6) is 0. The Hall–Kier alpha value is 1.20. The van der Waals surface area contributed by atoms with Gasteiger partial charge in [-0.05, 0) is 27.8 Å². The summed E-state index contributed by atoms with van der Waals surface area (Å²) in [7, 11) is 0. The molecule has 0 saturated heterocycles. The van der Waals surface area contributed by atoms with Crippen LogP contribution in [0.2, 0.25) is 0 Å². The van der Waals surface area contributed by atoms with Crippen LogP contribution in [0.5, 0.6) is 0 Å². The van der Waals surface area contributed by atoms with Gasteiger partial charge in [0.2, 0.25) is 0 Å². The second-order valence-electron chi connectivity index (χ2n) is 2.25. The predicted octanol–water partition coefficient (Wildman–Crippen LogP) is 4.32. The first-order chi connectivity index (χ1) is 4.91. The van der Waals surface area contributed by atoms with Gasteiger partial charge in [-0.15, -0.1) is 0 Å². The summed E-state index contributed by atoms with van der Waals surface area (Å²) in [6.45, 7) is 0. The summed E-state index contributed by atoms with van der Waals surface area (Å²) in [5.41, 5.74) is 0. The van der Waals surface area contributed by atoms with E-state index < -0.39 is 0 Å². The number of allylic oxidation sites excluding steroid dienone is 1. The molecular weight excluding hydrogens is 350 g/mol. The summed E-state index contributed by atoms with van der Waals surface area (Å²) in [4.78, 5) is 0. The zero-order valence-electron chi connectivity index (χ0n) is 6.15. The van der Waals surface area contributed by atoms with Gasteiger partial charge in [-0.3, -0.25) is 0 Å². The quantitative estimate of drug-likeness (QED) is 0.374. The summed E-state index contributed by atoms with van der Waals surface area (Å²) in [6.07, 6.45) is 9.10. The molecule has 0 unspecified atom stereocenters. The van der Waals surface area contributed by atoms with Crippen molar-refractivity contribution in [2.75, 3.05) is 4.43 Å². The first-order valence-electron chi connectivity index (χ1n) is 3.73. The lowest BCUT2D eigenvalue weighted by molar-refractivity contribution is 0.681. The van der Waals surface area contributed by atoms with Crippen LogP contribution >= 0.6 is 45.2 Å². The van der Waals surface area contributed by atoms with Crippen LogP contribution in [0.25, 0.3) is 0 Å². The van der Waals surface area contributed by atoms with E-state index in [1.54, 1.807) is 0 Å². The standard InChI is InChI=1S/C8H14I2/c9-7-5-3-1-2-4-6-8-10/h5,7H,1-4,6,8H2. The van der Waals surface area contributed by atoms with Crippen molar-refractivity contribution >= 4 is 45.2 Å². The van der Waals surface area contributed by atoms with E-state index in [0.29, 0.717) is 0 Å². The molecule has 0 aromatic carbocycles. The molecule has 0 radical (unpaired) electrons. The van der Waals surface area contributed by atoms with Crippen LogP contribution < -0.4 is 0 Å². The minimum Gasteiger partial charge on any atom is -0.0864 e. The highest BCUT2D eigenvalue weighted by atomic mass is 127. The smallest absolute Gasteiger partial charge is 0.000473 e. The second kappa shape index (κ2) is 10.2. The monoisotopic (exact) mass is 364 g/mol. The third-order valence-electron chi connectivity index (χ3n) is 1.34. The minimum absolute atomic E-state index is 1.27. The largest absolute Gasteiger partial charge is 0.0864 e. The molecule has 0 fully saturated rings. The molecule has 60 valence electrons. The lowest BCUT2D eigenvalue weighted by Crippen LogP contribution is -1.77. The minimum atomic E-state index is 1.27. The average Bonchev–Trinajstić information content (AvgIpc) is 1.97. The molecule has 0 aromatic rings. The Morgan fingerprint density at radius 2 is 1.70 bits per heavy atom. The number of alkyl halides is 1. The highest BCUT2D eigenvalue weighted by Gasteiger charge is 1.85. The van der Waals surface area contributed by atoms with Gasteiger partial charge >= 0.3 is 0 Å². The zero-order valence-corrected chi connectivity index (χ0v) is 10.5. The number of unbranched alkanes of at least 4 members (excludes halogenated alkanes) is 4. The third kappa shape index (κ3) is 9.20. The molecule has 0 rings (SSSR count). The first kappa shape index (κ1) is 11.2. The lowest BCUT2D eigenvalue weighted by atomic mass is 10.2. The van der Waals surface area contributed by atoms with Crippen LogP contribution in [0.4, 0.5) is 0 Å². The summed E-state index contributed by atoms with van der Waals surface area (Å²) in [6, 6.07) is 0. The molecule has 0 nitrogen and oxygen atoms in total. The molecule has 0 saturated carbocycles. The SMILES string of the molecule is IC=CCCCCCCI. The molecule has 0 heterocycles. The van der Waals surface area contributed by atoms with Crippen molar-refractivity contribution in [2.45, 2.75) is 32.1 Å². The van der Waals surface area contributed by atoms with Crippen molar-refractivity contribution in [1.82, 2.24) is 0 Å². The Morgan fingerprint density at radius 1 is 1.00 bits per heavy atom. The molecule has 0 N–H and O–H groups in total. The second-order valence-corrected chi connectivity index (χ2v) is 4.05. The van der Waals surface area contributed by atoms with Crippen molar-refractivity contribution in [3.63, 3.8) is 0 Å². The van der Waals surface area contributed by atoms with Crippen molar-refractivity contribution in [2.24, 2.45) is 0 Å². The third-order valence-corrected chi connectivity index (χ3v) is 2.61. The fourth-order valence-corrected chi connectivity index (χ4v) is 1.67. The molecular formula is C8H14I2. The van der Waals surface area contributed by atoms with Crippen LogP contribution in [0.3, 0.4) is 0 Å². The normalized spacial score (nSPS) is 11.0. The predicted molar refractivity (Wildman–Crippen MR) is 65.1 cm³/mol. The van der Waals surface area contributed by atoms with Gasteiger partial charge in [0.15, 0.2) is 0 Å². The fourth-order valence-electron chi connectivity index (χ4n) is 0.773. The zero-order chi connectivity index (χ0) is 7.66. The topological polar surface area (TPSA) is 0 Å². The van der Waals surface area contributed by atoms with Gasteiger partial charge in [-0.25, -0.2) is 0 Å². The average molecular weight is 364 g/mol. The van der Waals surface area contributed by atoms with E-state index in [1.807, 2.05) is 0 Å². The van der Waals surface area contributed by atoms with E-state index in [0.717, 1.165) is 0 Å². The molecule has 10 heavy (non-hydrogen) atoms. The molecule has 0 aromatic heterocycles.